The van der Waals surface area contributed by atoms with Gasteiger partial charge in [0.15, 0.2) is 5.78 Å². The van der Waals surface area contributed by atoms with Crippen LogP contribution in [0.1, 0.15) is 85.5 Å². The van der Waals surface area contributed by atoms with Gasteiger partial charge in [-0.2, -0.15) is 0 Å². The van der Waals surface area contributed by atoms with Crippen LogP contribution in [0.4, 0.5) is 0 Å². The van der Waals surface area contributed by atoms with Crippen molar-refractivity contribution in [3.8, 4) is 0 Å². The molecule has 0 aliphatic carbocycles. The third-order valence-corrected chi connectivity index (χ3v) is 6.06. The molecule has 0 radical (unpaired) electrons. The Kier molecular flexibility index (Phi) is 12.3. The summed E-state index contributed by atoms with van der Waals surface area (Å²) in [4.78, 5) is 50.5. The van der Waals surface area contributed by atoms with Crippen LogP contribution in [0.3, 0.4) is 0 Å². The molecular formula is C22H40N4O5. The van der Waals surface area contributed by atoms with E-state index >= 15 is 0 Å². The van der Waals surface area contributed by atoms with Crippen molar-refractivity contribution >= 4 is 23.5 Å². The molecular weight excluding hydrogens is 400 g/mol. The number of hydroxylamine groups is 1. The van der Waals surface area contributed by atoms with Crippen LogP contribution in [0, 0.1) is 11.8 Å². The Labute approximate surface area is 185 Å². The molecule has 1 heterocycles. The molecule has 1 fully saturated rings. The Morgan fingerprint density at radius 3 is 2.45 bits per heavy atom. The number of rotatable bonds is 13. The molecule has 1 aliphatic rings. The lowest BCUT2D eigenvalue weighted by Crippen LogP contribution is -2.62. The summed E-state index contributed by atoms with van der Waals surface area (Å²) >= 11 is 0. The highest BCUT2D eigenvalue weighted by Crippen LogP contribution is 2.21. The van der Waals surface area contributed by atoms with Crippen molar-refractivity contribution in [1.82, 2.24) is 21.2 Å². The number of nitrogens with zero attached hydrogens (tertiary/aromatic N) is 1. The van der Waals surface area contributed by atoms with Crippen LogP contribution >= 0.6 is 0 Å². The van der Waals surface area contributed by atoms with Gasteiger partial charge in [-0.25, -0.2) is 10.9 Å². The van der Waals surface area contributed by atoms with Crippen LogP contribution < -0.4 is 16.2 Å². The third-order valence-electron chi connectivity index (χ3n) is 6.06. The molecule has 4 N–H and O–H groups in total. The second kappa shape index (κ2) is 14.1. The van der Waals surface area contributed by atoms with E-state index in [1.807, 2.05) is 13.8 Å². The maximum Gasteiger partial charge on any atom is 0.245 e. The van der Waals surface area contributed by atoms with Crippen molar-refractivity contribution in [2.24, 2.45) is 11.8 Å². The van der Waals surface area contributed by atoms with Crippen LogP contribution in [0.2, 0.25) is 0 Å². The summed E-state index contributed by atoms with van der Waals surface area (Å²) < 4.78 is 0. The predicted octanol–water partition coefficient (Wildman–Crippen LogP) is 2.08. The van der Waals surface area contributed by atoms with Crippen LogP contribution in [0.15, 0.2) is 0 Å². The van der Waals surface area contributed by atoms with Crippen molar-refractivity contribution in [2.45, 2.75) is 97.6 Å². The third kappa shape index (κ3) is 8.22. The summed E-state index contributed by atoms with van der Waals surface area (Å²) in [6, 6.07) is -1.33. The van der Waals surface area contributed by atoms with E-state index in [2.05, 4.69) is 17.7 Å². The second-order valence-electron chi connectivity index (χ2n) is 8.40. The molecule has 4 atom stereocenters. The summed E-state index contributed by atoms with van der Waals surface area (Å²) in [5, 5.41) is 13.1. The van der Waals surface area contributed by atoms with Gasteiger partial charge in [0.2, 0.25) is 17.7 Å². The average Bonchev–Trinajstić information content (AvgIpc) is 2.80. The molecule has 9 heteroatoms. The standard InChI is InChI=1S/C22H40N4O5/c1-5-8-9-11-16(14-19(28)25-31)22(30)26-17(12-10-13-23-26)21(29)24-20(15(4)6-2)18(27)7-3/h15-17,20,23,31H,5-14H2,1-4H3,(H,24,29)(H,25,28)/t15-,16-,17+,20-/m0/s1. The highest BCUT2D eigenvalue weighted by atomic mass is 16.5. The first kappa shape index (κ1) is 27.0. The van der Waals surface area contributed by atoms with Gasteiger partial charge >= 0.3 is 0 Å². The number of carbonyl (C=O) groups is 4. The Hall–Kier alpha value is -2.00. The maximum absolute atomic E-state index is 13.3. The van der Waals surface area contributed by atoms with Crippen molar-refractivity contribution in [3.63, 3.8) is 0 Å². The fourth-order valence-electron chi connectivity index (χ4n) is 3.88. The van der Waals surface area contributed by atoms with E-state index < -0.39 is 23.9 Å². The summed E-state index contributed by atoms with van der Waals surface area (Å²) in [5.41, 5.74) is 4.61. The van der Waals surface area contributed by atoms with Crippen molar-refractivity contribution in [1.29, 1.82) is 0 Å². The molecule has 0 aromatic heterocycles. The van der Waals surface area contributed by atoms with Crippen LogP contribution in [0.25, 0.3) is 0 Å². The molecule has 0 saturated carbocycles. The molecule has 0 aromatic carbocycles. The van der Waals surface area contributed by atoms with Gasteiger partial charge in [0.1, 0.15) is 6.04 Å². The number of hydrogen-bond acceptors (Lipinski definition) is 6. The first-order chi connectivity index (χ1) is 14.8. The number of Topliss-reactive ketones (excluding diaryl/α,β-unsaturated/α-hetero) is 1. The normalized spacial score (nSPS) is 19.3. The Morgan fingerprint density at radius 1 is 1.16 bits per heavy atom. The van der Waals surface area contributed by atoms with E-state index in [1.54, 1.807) is 12.4 Å². The lowest BCUT2D eigenvalue weighted by atomic mass is 9.93. The Balaban J connectivity index is 3.00. The van der Waals surface area contributed by atoms with Gasteiger partial charge in [-0.1, -0.05) is 53.4 Å². The van der Waals surface area contributed by atoms with Crippen molar-refractivity contribution < 1.29 is 24.4 Å². The molecule has 9 nitrogen and oxygen atoms in total. The number of amides is 3. The number of carbonyl (C=O) groups excluding carboxylic acids is 4. The van der Waals surface area contributed by atoms with Gasteiger partial charge < -0.3 is 5.32 Å². The number of hydrazine groups is 1. The number of unbranched alkanes of at least 4 members (excludes halogenated alkanes) is 2. The summed E-state index contributed by atoms with van der Waals surface area (Å²) in [6.45, 7) is 8.27. The van der Waals surface area contributed by atoms with Gasteiger partial charge in [-0.15, -0.1) is 0 Å². The Morgan fingerprint density at radius 2 is 1.87 bits per heavy atom. The lowest BCUT2D eigenvalue weighted by molar-refractivity contribution is -0.152. The monoisotopic (exact) mass is 440 g/mol. The molecule has 1 aliphatic heterocycles. The van der Waals surface area contributed by atoms with E-state index in [4.69, 9.17) is 5.21 Å². The van der Waals surface area contributed by atoms with Gasteiger partial charge in [0.05, 0.1) is 6.04 Å². The summed E-state index contributed by atoms with van der Waals surface area (Å²) in [7, 11) is 0. The van der Waals surface area contributed by atoms with E-state index in [9.17, 15) is 19.2 Å². The number of nitrogens with one attached hydrogen (secondary N) is 3. The summed E-state index contributed by atoms with van der Waals surface area (Å²) in [6.07, 6.45) is 5.30. The van der Waals surface area contributed by atoms with E-state index in [1.165, 1.54) is 5.01 Å². The zero-order valence-electron chi connectivity index (χ0n) is 19.4. The first-order valence-electron chi connectivity index (χ1n) is 11.6. The average molecular weight is 441 g/mol. The van der Waals surface area contributed by atoms with Crippen LogP contribution in [-0.4, -0.2) is 52.3 Å². The predicted molar refractivity (Wildman–Crippen MR) is 117 cm³/mol. The van der Waals surface area contributed by atoms with Crippen molar-refractivity contribution in [3.05, 3.63) is 0 Å². The van der Waals surface area contributed by atoms with E-state index in [-0.39, 0.29) is 29.9 Å². The molecule has 178 valence electrons. The lowest BCUT2D eigenvalue weighted by Gasteiger charge is -2.38. The molecule has 0 bridgehead atoms. The van der Waals surface area contributed by atoms with Gasteiger partial charge in [-0.05, 0) is 25.2 Å². The topological polar surface area (TPSA) is 128 Å². The second-order valence-corrected chi connectivity index (χ2v) is 8.40. The van der Waals surface area contributed by atoms with E-state index in [0.29, 0.717) is 25.8 Å². The summed E-state index contributed by atoms with van der Waals surface area (Å²) in [5.74, 6) is -1.98. The Bertz CT molecular complexity index is 613. The minimum absolute atomic E-state index is 0.00727. The molecule has 0 unspecified atom stereocenters. The minimum atomic E-state index is -0.747. The van der Waals surface area contributed by atoms with Crippen molar-refractivity contribution in [2.75, 3.05) is 6.54 Å². The smallest absolute Gasteiger partial charge is 0.245 e. The molecule has 0 spiro atoms. The molecule has 3 amide bonds. The zero-order chi connectivity index (χ0) is 23.4. The molecule has 0 aromatic rings. The fourth-order valence-corrected chi connectivity index (χ4v) is 3.88. The van der Waals surface area contributed by atoms with E-state index in [0.717, 1.165) is 32.1 Å². The quantitative estimate of drug-likeness (QED) is 0.197. The largest absolute Gasteiger partial charge is 0.344 e. The first-order valence-corrected chi connectivity index (χ1v) is 11.6. The van der Waals surface area contributed by atoms with Gasteiger partial charge in [0.25, 0.3) is 0 Å². The minimum Gasteiger partial charge on any atom is -0.344 e. The SMILES string of the molecule is CCCCC[C@@H](CC(=O)NO)C(=O)N1NCCC[C@@H]1C(=O)N[C@H](C(=O)CC)[C@@H](C)CC. The molecule has 1 saturated heterocycles. The van der Waals surface area contributed by atoms with Gasteiger partial charge in [0, 0.05) is 25.3 Å². The highest BCUT2D eigenvalue weighted by molar-refractivity contribution is 5.93. The maximum atomic E-state index is 13.3. The fraction of sp³-hybridized carbons (Fsp3) is 0.818. The number of hydrogen-bond donors (Lipinski definition) is 4. The molecule has 1 rings (SSSR count). The number of ketones is 1. The van der Waals surface area contributed by atoms with Gasteiger partial charge in [-0.3, -0.25) is 29.4 Å². The molecule has 31 heavy (non-hydrogen) atoms. The zero-order valence-corrected chi connectivity index (χ0v) is 19.4. The van der Waals surface area contributed by atoms with Crippen LogP contribution in [-0.2, 0) is 19.2 Å². The van der Waals surface area contributed by atoms with Crippen LogP contribution in [0.5, 0.6) is 0 Å². The highest BCUT2D eigenvalue weighted by Gasteiger charge is 2.38.